The summed E-state index contributed by atoms with van der Waals surface area (Å²) in [5, 5.41) is 12.9. The number of hydrogen-bond donors (Lipinski definition) is 1. The Morgan fingerprint density at radius 2 is 2.11 bits per heavy atom. The summed E-state index contributed by atoms with van der Waals surface area (Å²) < 4.78 is 40.7. The van der Waals surface area contributed by atoms with Crippen LogP contribution < -0.4 is 5.32 Å². The Hall–Kier alpha value is -2.68. The van der Waals surface area contributed by atoms with Gasteiger partial charge in [0.25, 0.3) is 0 Å². The smallest absolute Gasteiger partial charge is 0.349 e. The molecule has 1 amide bonds. The monoisotopic (exact) mass is 392 g/mol. The molecule has 9 heteroatoms. The summed E-state index contributed by atoms with van der Waals surface area (Å²) in [4.78, 5) is 13.7. The van der Waals surface area contributed by atoms with Gasteiger partial charge in [0.2, 0.25) is 5.91 Å². The Balaban J connectivity index is 1.61. The minimum Gasteiger partial charge on any atom is -0.349 e. The number of nitrogens with one attached hydrogen (secondary N) is 1. The number of fused-ring (bicyclic) bond motifs is 1. The van der Waals surface area contributed by atoms with Crippen LogP contribution in [0.15, 0.2) is 41.8 Å². The number of alkyl halides is 3. The maximum absolute atomic E-state index is 13.0. The van der Waals surface area contributed by atoms with Crippen LogP contribution in [0.2, 0.25) is 0 Å². The highest BCUT2D eigenvalue weighted by atomic mass is 32.1. The van der Waals surface area contributed by atoms with Crippen LogP contribution in [-0.4, -0.2) is 20.7 Å². The van der Waals surface area contributed by atoms with Crippen molar-refractivity contribution in [2.24, 2.45) is 0 Å². The molecule has 1 unspecified atom stereocenters. The Morgan fingerprint density at radius 1 is 1.26 bits per heavy atom. The van der Waals surface area contributed by atoms with Crippen molar-refractivity contribution in [3.05, 3.63) is 58.0 Å². The summed E-state index contributed by atoms with van der Waals surface area (Å²) in [6, 6.07) is 8.24. The second-order valence-corrected chi connectivity index (χ2v) is 7.27. The Morgan fingerprint density at radius 3 is 2.85 bits per heavy atom. The van der Waals surface area contributed by atoms with Crippen molar-refractivity contribution in [1.82, 2.24) is 20.1 Å². The molecule has 0 bridgehead atoms. The molecule has 3 heterocycles. The number of nitrogens with zero attached hydrogens (tertiary/aromatic N) is 3. The van der Waals surface area contributed by atoms with Crippen molar-refractivity contribution in [2.45, 2.75) is 31.6 Å². The molecule has 1 N–H and O–H groups in total. The number of aromatic nitrogens is 3. The molecular formula is C18H15F3N4OS. The number of thiophene rings is 1. The maximum Gasteiger partial charge on any atom is 0.416 e. The number of aryl methyl sites for hydroxylation is 1. The van der Waals surface area contributed by atoms with E-state index >= 15 is 0 Å². The zero-order chi connectivity index (χ0) is 19.0. The predicted molar refractivity (Wildman–Crippen MR) is 94.0 cm³/mol. The molecule has 2 aromatic heterocycles. The lowest BCUT2D eigenvalue weighted by Crippen LogP contribution is -2.30. The van der Waals surface area contributed by atoms with E-state index in [0.29, 0.717) is 30.8 Å². The number of hydrogen-bond acceptors (Lipinski definition) is 4. The van der Waals surface area contributed by atoms with Gasteiger partial charge in [-0.25, -0.2) is 0 Å². The molecule has 0 radical (unpaired) electrons. The van der Waals surface area contributed by atoms with Crippen molar-refractivity contribution in [2.75, 3.05) is 0 Å². The second-order valence-electron chi connectivity index (χ2n) is 6.24. The molecule has 3 aromatic rings. The van der Waals surface area contributed by atoms with Crippen LogP contribution in [0.1, 0.15) is 28.7 Å². The number of benzene rings is 1. The predicted octanol–water partition coefficient (Wildman–Crippen LogP) is 3.83. The van der Waals surface area contributed by atoms with Gasteiger partial charge in [-0.05, 0) is 30.0 Å². The van der Waals surface area contributed by atoms with Crippen molar-refractivity contribution in [3.8, 4) is 11.4 Å². The average molecular weight is 392 g/mol. The van der Waals surface area contributed by atoms with E-state index in [1.165, 1.54) is 6.07 Å². The first-order valence-electron chi connectivity index (χ1n) is 8.35. The Bertz CT molecular complexity index is 965. The SMILES string of the molecule is O=C(NCc1cccs1)C1CCc2nnc(-c3cccc(C(F)(F)F)c3)n21. The molecule has 1 aromatic carbocycles. The first kappa shape index (κ1) is 17.7. The van der Waals surface area contributed by atoms with E-state index in [-0.39, 0.29) is 11.7 Å². The highest BCUT2D eigenvalue weighted by Crippen LogP contribution is 2.35. The number of amides is 1. The number of halogens is 3. The van der Waals surface area contributed by atoms with E-state index in [9.17, 15) is 18.0 Å². The molecule has 0 saturated carbocycles. The largest absolute Gasteiger partial charge is 0.416 e. The van der Waals surface area contributed by atoms with Crippen LogP contribution >= 0.6 is 11.3 Å². The van der Waals surface area contributed by atoms with Gasteiger partial charge in [0.15, 0.2) is 5.82 Å². The molecule has 140 valence electrons. The van der Waals surface area contributed by atoms with E-state index in [2.05, 4.69) is 15.5 Å². The summed E-state index contributed by atoms with van der Waals surface area (Å²) >= 11 is 1.55. The summed E-state index contributed by atoms with van der Waals surface area (Å²) in [5.41, 5.74) is -0.462. The molecule has 0 spiro atoms. The fraction of sp³-hybridized carbons (Fsp3) is 0.278. The van der Waals surface area contributed by atoms with E-state index in [4.69, 9.17) is 0 Å². The molecule has 0 aliphatic carbocycles. The van der Waals surface area contributed by atoms with E-state index in [1.54, 1.807) is 22.0 Å². The first-order chi connectivity index (χ1) is 12.9. The zero-order valence-electron chi connectivity index (χ0n) is 14.0. The normalized spacial score (nSPS) is 16.3. The molecule has 0 fully saturated rings. The molecule has 1 aliphatic heterocycles. The average Bonchev–Trinajstić information content (AvgIpc) is 3.36. The lowest BCUT2D eigenvalue weighted by Gasteiger charge is -2.15. The third-order valence-corrected chi connectivity index (χ3v) is 5.36. The standard InChI is InChI=1S/C18H15F3N4OS/c19-18(20,21)12-4-1-3-11(9-12)16-24-23-15-7-6-14(25(15)16)17(26)22-10-13-5-2-8-27-13/h1-5,8-9,14H,6-7,10H2,(H,22,26). The number of rotatable bonds is 4. The van der Waals surface area contributed by atoms with Crippen LogP contribution in [0.3, 0.4) is 0 Å². The van der Waals surface area contributed by atoms with Crippen LogP contribution in [0, 0.1) is 0 Å². The molecule has 0 saturated heterocycles. The highest BCUT2D eigenvalue weighted by Gasteiger charge is 2.34. The van der Waals surface area contributed by atoms with Gasteiger partial charge in [-0.3, -0.25) is 9.36 Å². The lowest BCUT2D eigenvalue weighted by molar-refractivity contribution is -0.137. The third-order valence-electron chi connectivity index (χ3n) is 4.49. The Kier molecular flexibility index (Phi) is 4.47. The van der Waals surface area contributed by atoms with Gasteiger partial charge in [0.1, 0.15) is 11.9 Å². The minimum atomic E-state index is -4.44. The van der Waals surface area contributed by atoms with E-state index in [1.807, 2.05) is 17.5 Å². The Labute approximate surface area is 156 Å². The summed E-state index contributed by atoms with van der Waals surface area (Å²) in [6.45, 7) is 0.420. The van der Waals surface area contributed by atoms with Crippen molar-refractivity contribution < 1.29 is 18.0 Å². The number of carbonyl (C=O) groups excluding carboxylic acids is 1. The lowest BCUT2D eigenvalue weighted by atomic mass is 10.1. The van der Waals surface area contributed by atoms with Crippen molar-refractivity contribution in [3.63, 3.8) is 0 Å². The number of carbonyl (C=O) groups is 1. The zero-order valence-corrected chi connectivity index (χ0v) is 14.8. The van der Waals surface area contributed by atoms with Crippen LogP contribution in [-0.2, 0) is 23.9 Å². The van der Waals surface area contributed by atoms with Gasteiger partial charge < -0.3 is 5.32 Å². The fourth-order valence-corrected chi connectivity index (χ4v) is 3.85. The van der Waals surface area contributed by atoms with Gasteiger partial charge >= 0.3 is 6.18 Å². The molecular weight excluding hydrogens is 377 g/mol. The fourth-order valence-electron chi connectivity index (χ4n) is 3.20. The molecule has 1 aliphatic rings. The first-order valence-corrected chi connectivity index (χ1v) is 9.23. The summed E-state index contributed by atoms with van der Waals surface area (Å²) in [7, 11) is 0. The highest BCUT2D eigenvalue weighted by molar-refractivity contribution is 7.09. The third kappa shape index (κ3) is 3.46. The molecule has 4 rings (SSSR count). The quantitative estimate of drug-likeness (QED) is 0.734. The van der Waals surface area contributed by atoms with Gasteiger partial charge in [-0.15, -0.1) is 21.5 Å². The van der Waals surface area contributed by atoms with E-state index < -0.39 is 17.8 Å². The van der Waals surface area contributed by atoms with E-state index in [0.717, 1.165) is 17.0 Å². The van der Waals surface area contributed by atoms with Gasteiger partial charge in [-0.1, -0.05) is 18.2 Å². The van der Waals surface area contributed by atoms with Crippen LogP contribution in [0.25, 0.3) is 11.4 Å². The van der Waals surface area contributed by atoms with Gasteiger partial charge in [0.05, 0.1) is 12.1 Å². The second kappa shape index (κ2) is 6.80. The molecule has 1 atom stereocenters. The molecule has 5 nitrogen and oxygen atoms in total. The van der Waals surface area contributed by atoms with Gasteiger partial charge in [0, 0.05) is 16.9 Å². The summed E-state index contributed by atoms with van der Waals surface area (Å²) in [6.07, 6.45) is -3.34. The topological polar surface area (TPSA) is 59.8 Å². The van der Waals surface area contributed by atoms with Crippen LogP contribution in [0.4, 0.5) is 13.2 Å². The summed E-state index contributed by atoms with van der Waals surface area (Å²) in [5.74, 6) is 0.707. The van der Waals surface area contributed by atoms with Crippen molar-refractivity contribution in [1.29, 1.82) is 0 Å². The maximum atomic E-state index is 13.0. The molecule has 27 heavy (non-hydrogen) atoms. The van der Waals surface area contributed by atoms with Crippen LogP contribution in [0.5, 0.6) is 0 Å². The van der Waals surface area contributed by atoms with Gasteiger partial charge in [-0.2, -0.15) is 13.2 Å². The van der Waals surface area contributed by atoms with Crippen molar-refractivity contribution >= 4 is 17.2 Å². The minimum absolute atomic E-state index is 0.185.